The van der Waals surface area contributed by atoms with Crippen molar-refractivity contribution in [2.24, 2.45) is 0 Å². The molecule has 0 aromatic rings. The van der Waals surface area contributed by atoms with Crippen LogP contribution in [0.2, 0.25) is 0 Å². The number of nitrogens with zero attached hydrogens (tertiary/aromatic N) is 1. The molecule has 4 aliphatic heterocycles. The molecule has 0 amide bonds. The molecule has 0 aromatic heterocycles. The van der Waals surface area contributed by atoms with Crippen molar-refractivity contribution in [1.82, 2.24) is 4.90 Å². The van der Waals surface area contributed by atoms with Crippen molar-refractivity contribution in [1.29, 1.82) is 0 Å². The highest BCUT2D eigenvalue weighted by atomic mass is 16.7. The predicted octanol–water partition coefficient (Wildman–Crippen LogP) is -7.47. The van der Waals surface area contributed by atoms with Crippen LogP contribution in [0.1, 0.15) is 6.92 Å². The highest BCUT2D eigenvalue weighted by molar-refractivity contribution is 4.96. The number of aliphatic hydroxyl groups is 11. The Morgan fingerprint density at radius 1 is 0.600 bits per heavy atom. The van der Waals surface area contributed by atoms with Crippen molar-refractivity contribution >= 4 is 0 Å². The molecule has 264 valence electrons. The minimum Gasteiger partial charge on any atom is -0.395 e. The van der Waals surface area contributed by atoms with Crippen LogP contribution in [0.25, 0.3) is 0 Å². The summed E-state index contributed by atoms with van der Waals surface area (Å²) < 4.78 is 39.4. The van der Waals surface area contributed by atoms with Crippen molar-refractivity contribution in [3.05, 3.63) is 0 Å². The third-order valence-corrected chi connectivity index (χ3v) is 8.45. The lowest BCUT2D eigenvalue weighted by atomic mass is 9.94. The van der Waals surface area contributed by atoms with Gasteiger partial charge in [-0.1, -0.05) is 0 Å². The Morgan fingerprint density at radius 2 is 1.22 bits per heavy atom. The quantitative estimate of drug-likeness (QED) is 0.0926. The van der Waals surface area contributed by atoms with E-state index >= 15 is 0 Å². The van der Waals surface area contributed by atoms with E-state index in [1.54, 1.807) is 4.90 Å². The molecule has 17 atom stereocenters. The van der Waals surface area contributed by atoms with Gasteiger partial charge >= 0.3 is 0 Å². The Kier molecular flexibility index (Phi) is 13.6. The van der Waals surface area contributed by atoms with Crippen LogP contribution < -0.4 is 0 Å². The molecular formula is C26H47NO18. The second kappa shape index (κ2) is 16.6. The van der Waals surface area contributed by atoms with Crippen molar-refractivity contribution in [3.8, 4) is 0 Å². The van der Waals surface area contributed by atoms with Gasteiger partial charge in [0, 0.05) is 19.6 Å². The van der Waals surface area contributed by atoms with Crippen LogP contribution in [0.3, 0.4) is 0 Å². The molecule has 45 heavy (non-hydrogen) atoms. The molecule has 0 bridgehead atoms. The largest absolute Gasteiger partial charge is 0.395 e. The van der Waals surface area contributed by atoms with Crippen LogP contribution in [0.4, 0.5) is 0 Å². The minimum absolute atomic E-state index is 0.140. The minimum atomic E-state index is -1.80. The number of hydrogen-bond acceptors (Lipinski definition) is 19. The molecule has 4 saturated heterocycles. The maximum Gasteiger partial charge on any atom is 0.187 e. The fraction of sp³-hybridized carbons (Fsp3) is 1.00. The molecule has 4 heterocycles. The first-order valence-electron chi connectivity index (χ1n) is 14.9. The standard InChI is InChI=1S/C26H47NO18/c1-10-16(32)23(45-26-21(37)20(36)17(33)12(7-30)43-26)19(35)14(40-10)9-39-25-22(38)24(18(34)13(8-31)42-25)44-15-5-27(2-3-28)4-11(6-29)41-15/h10-26,28-38H,2-9H2,1H3. The molecule has 0 aliphatic carbocycles. The second-order valence-electron chi connectivity index (χ2n) is 11.7. The highest BCUT2D eigenvalue weighted by Crippen LogP contribution is 2.31. The Balaban J connectivity index is 1.41. The molecule has 4 aliphatic rings. The van der Waals surface area contributed by atoms with Gasteiger partial charge in [0.25, 0.3) is 0 Å². The van der Waals surface area contributed by atoms with Gasteiger partial charge in [0.15, 0.2) is 18.9 Å². The maximum absolute atomic E-state index is 11.1. The lowest BCUT2D eigenvalue weighted by Gasteiger charge is -2.47. The number of β-amino-alcohol motifs (C(OH)–C–C–N with tert-alkyl or cyclic N) is 1. The van der Waals surface area contributed by atoms with Crippen molar-refractivity contribution in [2.45, 2.75) is 111 Å². The number of aliphatic hydroxyl groups excluding tert-OH is 11. The maximum atomic E-state index is 11.1. The predicted molar refractivity (Wildman–Crippen MR) is 143 cm³/mol. The average Bonchev–Trinajstić information content (AvgIpc) is 3.03. The number of rotatable bonds is 12. The van der Waals surface area contributed by atoms with Gasteiger partial charge in [-0.25, -0.2) is 0 Å². The van der Waals surface area contributed by atoms with E-state index in [9.17, 15) is 56.2 Å². The normalized spacial score (nSPS) is 48.4. The molecule has 0 spiro atoms. The molecule has 11 N–H and O–H groups in total. The summed E-state index contributed by atoms with van der Waals surface area (Å²) in [5.41, 5.74) is 0. The van der Waals surface area contributed by atoms with Gasteiger partial charge in [0.1, 0.15) is 73.2 Å². The fourth-order valence-corrected chi connectivity index (χ4v) is 5.84. The van der Waals surface area contributed by atoms with Gasteiger partial charge in [0.2, 0.25) is 0 Å². The Hall–Kier alpha value is -0.760. The smallest absolute Gasteiger partial charge is 0.187 e. The Labute approximate surface area is 258 Å². The van der Waals surface area contributed by atoms with Crippen LogP contribution in [0.5, 0.6) is 0 Å². The zero-order chi connectivity index (χ0) is 33.0. The molecule has 0 aromatic carbocycles. The molecule has 19 heteroatoms. The second-order valence-corrected chi connectivity index (χ2v) is 11.7. The van der Waals surface area contributed by atoms with E-state index in [0.29, 0.717) is 6.54 Å². The number of hydrogen-bond donors (Lipinski definition) is 11. The fourth-order valence-electron chi connectivity index (χ4n) is 5.84. The summed E-state index contributed by atoms with van der Waals surface area (Å²) in [5.74, 6) is 0. The van der Waals surface area contributed by atoms with Gasteiger partial charge in [0.05, 0.1) is 45.2 Å². The van der Waals surface area contributed by atoms with Gasteiger partial charge in [-0.3, -0.25) is 4.90 Å². The van der Waals surface area contributed by atoms with E-state index in [0.717, 1.165) is 0 Å². The first-order valence-corrected chi connectivity index (χ1v) is 14.9. The molecule has 4 fully saturated rings. The van der Waals surface area contributed by atoms with E-state index in [-0.39, 0.29) is 26.3 Å². The summed E-state index contributed by atoms with van der Waals surface area (Å²) in [6, 6.07) is 0. The zero-order valence-corrected chi connectivity index (χ0v) is 24.7. The van der Waals surface area contributed by atoms with E-state index < -0.39 is 124 Å². The average molecular weight is 662 g/mol. The number of morpholine rings is 1. The van der Waals surface area contributed by atoms with Crippen LogP contribution >= 0.6 is 0 Å². The first-order chi connectivity index (χ1) is 21.4. The zero-order valence-electron chi connectivity index (χ0n) is 24.7. The van der Waals surface area contributed by atoms with E-state index in [4.69, 9.17) is 33.2 Å². The lowest BCUT2D eigenvalue weighted by Crippen LogP contribution is -2.65. The molecule has 0 radical (unpaired) electrons. The topological polar surface area (TPSA) is 290 Å². The van der Waals surface area contributed by atoms with Gasteiger partial charge in [-0.05, 0) is 6.92 Å². The SMILES string of the molecule is CC1OC(COC2OC(CO)C(O)C(OC3CN(CCO)CC(CO)O3)C2O)C(O)C(OC2OC(CO)C(O)C(O)C2O)C1O. The van der Waals surface area contributed by atoms with Crippen molar-refractivity contribution in [3.63, 3.8) is 0 Å². The van der Waals surface area contributed by atoms with Gasteiger partial charge < -0.3 is 89.3 Å². The Bertz CT molecular complexity index is 891. The molecule has 19 nitrogen and oxygen atoms in total. The van der Waals surface area contributed by atoms with E-state index in [1.165, 1.54) is 6.92 Å². The molecule has 17 unspecified atom stereocenters. The molecular weight excluding hydrogens is 614 g/mol. The summed E-state index contributed by atoms with van der Waals surface area (Å²) >= 11 is 0. The van der Waals surface area contributed by atoms with Gasteiger partial charge in [-0.2, -0.15) is 0 Å². The Morgan fingerprint density at radius 3 is 1.87 bits per heavy atom. The highest BCUT2D eigenvalue weighted by Gasteiger charge is 2.51. The third kappa shape index (κ3) is 8.46. The first kappa shape index (κ1) is 37.1. The van der Waals surface area contributed by atoms with Gasteiger partial charge in [-0.15, -0.1) is 0 Å². The van der Waals surface area contributed by atoms with E-state index in [1.807, 2.05) is 0 Å². The van der Waals surface area contributed by atoms with E-state index in [2.05, 4.69) is 0 Å². The molecule has 0 saturated carbocycles. The van der Waals surface area contributed by atoms with Crippen LogP contribution in [-0.2, 0) is 33.2 Å². The van der Waals surface area contributed by atoms with Crippen molar-refractivity contribution < 1.29 is 89.3 Å². The van der Waals surface area contributed by atoms with Crippen LogP contribution in [0.15, 0.2) is 0 Å². The number of ether oxygens (including phenoxy) is 7. The van der Waals surface area contributed by atoms with Crippen LogP contribution in [-0.4, -0.2) is 218 Å². The third-order valence-electron chi connectivity index (χ3n) is 8.45. The summed E-state index contributed by atoms with van der Waals surface area (Å²) in [5, 5.41) is 112. The molecule has 4 rings (SSSR count). The lowest BCUT2D eigenvalue weighted by molar-refractivity contribution is -0.352. The summed E-state index contributed by atoms with van der Waals surface area (Å²) in [6.45, 7) is -0.197. The summed E-state index contributed by atoms with van der Waals surface area (Å²) in [7, 11) is 0. The monoisotopic (exact) mass is 661 g/mol. The van der Waals surface area contributed by atoms with Crippen LogP contribution in [0, 0.1) is 0 Å². The van der Waals surface area contributed by atoms with Crippen molar-refractivity contribution in [2.75, 3.05) is 52.7 Å². The summed E-state index contributed by atoms with van der Waals surface area (Å²) in [6.07, 6.45) is -24.0. The summed E-state index contributed by atoms with van der Waals surface area (Å²) in [4.78, 5) is 1.77.